The average Bonchev–Trinajstić information content (AvgIpc) is 2.95. The molecule has 1 nitrogen and oxygen atoms in total. The molecule has 1 N–H and O–H groups in total. The van der Waals surface area contributed by atoms with Gasteiger partial charge >= 0.3 is 0 Å². The molecule has 0 aromatic heterocycles. The first-order chi connectivity index (χ1) is 13.0. The van der Waals surface area contributed by atoms with E-state index in [4.69, 9.17) is 0 Å². The molecule has 3 heteroatoms. The summed E-state index contributed by atoms with van der Waals surface area (Å²) >= 11 is 0. The van der Waals surface area contributed by atoms with E-state index in [1.165, 1.54) is 11.1 Å². The number of alkyl halides is 2. The normalized spacial score (nSPS) is 39.8. The van der Waals surface area contributed by atoms with Crippen molar-refractivity contribution < 1.29 is 13.9 Å². The highest BCUT2D eigenvalue weighted by molar-refractivity contribution is 5.29. The van der Waals surface area contributed by atoms with E-state index in [0.717, 1.165) is 44.1 Å². The maximum atomic E-state index is 13.2. The second-order valence-corrected chi connectivity index (χ2v) is 10.6. The third kappa shape index (κ3) is 4.15. The van der Waals surface area contributed by atoms with Gasteiger partial charge in [0, 0.05) is 6.42 Å². The van der Waals surface area contributed by atoms with Crippen LogP contribution in [0.25, 0.3) is 0 Å². The lowest BCUT2D eigenvalue weighted by atomic mass is 9.57. The van der Waals surface area contributed by atoms with Crippen molar-refractivity contribution in [2.45, 2.75) is 91.6 Å². The molecule has 3 aliphatic rings. The Kier molecular flexibility index (Phi) is 6.25. The van der Waals surface area contributed by atoms with Crippen LogP contribution in [-0.2, 0) is 0 Å². The molecule has 0 aromatic carbocycles. The SMILES string of the molecule is C=C1[C@H](C)C/C(=C\C=C2/CCC[C@]3(C)[C@@H](C(C)(C)CC(F)F)CC[C@@H]23)C[C@H]1O. The van der Waals surface area contributed by atoms with E-state index in [1.807, 2.05) is 0 Å². The Morgan fingerprint density at radius 3 is 2.61 bits per heavy atom. The highest BCUT2D eigenvalue weighted by atomic mass is 19.3. The Morgan fingerprint density at radius 1 is 1.25 bits per heavy atom. The number of allylic oxidation sites excluding steroid dienone is 3. The molecule has 3 saturated carbocycles. The fraction of sp³-hybridized carbons (Fsp3) is 0.760. The minimum atomic E-state index is -2.23. The predicted molar refractivity (Wildman–Crippen MR) is 112 cm³/mol. The van der Waals surface area contributed by atoms with Crippen LogP contribution in [0.2, 0.25) is 0 Å². The van der Waals surface area contributed by atoms with Gasteiger partial charge in [-0.05, 0) is 79.1 Å². The van der Waals surface area contributed by atoms with Crippen LogP contribution in [-0.4, -0.2) is 17.6 Å². The lowest BCUT2D eigenvalue weighted by Gasteiger charge is -2.48. The molecular weight excluding hydrogens is 354 g/mol. The first-order valence-corrected chi connectivity index (χ1v) is 11.1. The summed E-state index contributed by atoms with van der Waals surface area (Å²) in [5.41, 5.74) is 3.58. The molecule has 0 saturated heterocycles. The number of fused-ring (bicyclic) bond motifs is 1. The summed E-state index contributed by atoms with van der Waals surface area (Å²) in [5, 5.41) is 10.2. The fourth-order valence-corrected chi connectivity index (χ4v) is 6.74. The highest BCUT2D eigenvalue weighted by Gasteiger charge is 2.54. The van der Waals surface area contributed by atoms with E-state index < -0.39 is 12.5 Å². The summed E-state index contributed by atoms with van der Waals surface area (Å²) in [4.78, 5) is 0. The standard InChI is InChI=1S/C25H38F2O/c1-16-13-18(14-21(28)17(16)2)8-9-19-7-6-12-25(5)20(19)10-11-22(25)24(3,4)15-23(26)27/h8-9,16,20-23,28H,2,6-7,10-15H2,1,3-5H3/b18-8+,19-9+/t16-,20+,21-,22-,25+/m1/s1. The van der Waals surface area contributed by atoms with Gasteiger partial charge in [0.05, 0.1) is 6.10 Å². The Labute approximate surface area is 170 Å². The molecule has 0 amide bonds. The van der Waals surface area contributed by atoms with Crippen LogP contribution >= 0.6 is 0 Å². The molecule has 0 unspecified atom stereocenters. The Hall–Kier alpha value is -0.960. The van der Waals surface area contributed by atoms with Gasteiger partial charge in [-0.25, -0.2) is 8.78 Å². The molecule has 3 rings (SSSR count). The third-order valence-electron chi connectivity index (χ3n) is 8.21. The molecule has 28 heavy (non-hydrogen) atoms. The van der Waals surface area contributed by atoms with Crippen LogP contribution < -0.4 is 0 Å². The van der Waals surface area contributed by atoms with E-state index >= 15 is 0 Å². The van der Waals surface area contributed by atoms with E-state index in [0.29, 0.717) is 24.2 Å². The third-order valence-corrected chi connectivity index (χ3v) is 8.21. The number of hydrogen-bond acceptors (Lipinski definition) is 1. The lowest BCUT2D eigenvalue weighted by Crippen LogP contribution is -2.40. The highest BCUT2D eigenvalue weighted by Crippen LogP contribution is 2.62. The summed E-state index contributed by atoms with van der Waals surface area (Å²) in [6.45, 7) is 12.6. The van der Waals surface area contributed by atoms with Gasteiger partial charge in [-0.1, -0.05) is 57.6 Å². The van der Waals surface area contributed by atoms with Gasteiger partial charge in [0.25, 0.3) is 0 Å². The van der Waals surface area contributed by atoms with Crippen LogP contribution in [0.15, 0.2) is 35.5 Å². The molecule has 0 spiro atoms. The predicted octanol–water partition coefficient (Wildman–Crippen LogP) is 7.08. The number of rotatable bonds is 4. The van der Waals surface area contributed by atoms with Gasteiger partial charge in [0.1, 0.15) is 0 Å². The zero-order valence-electron chi connectivity index (χ0n) is 18.1. The molecule has 5 atom stereocenters. The summed E-state index contributed by atoms with van der Waals surface area (Å²) < 4.78 is 26.4. The summed E-state index contributed by atoms with van der Waals surface area (Å²) in [6.07, 6.45) is 9.19. The first-order valence-electron chi connectivity index (χ1n) is 11.1. The molecule has 3 aliphatic carbocycles. The summed E-state index contributed by atoms with van der Waals surface area (Å²) in [7, 11) is 0. The van der Waals surface area contributed by atoms with Crippen LogP contribution in [0.1, 0.15) is 79.1 Å². The minimum Gasteiger partial charge on any atom is -0.388 e. The van der Waals surface area contributed by atoms with Crippen molar-refractivity contribution in [3.63, 3.8) is 0 Å². The van der Waals surface area contributed by atoms with Crippen LogP contribution in [0.4, 0.5) is 8.78 Å². The van der Waals surface area contributed by atoms with Crippen LogP contribution in [0.3, 0.4) is 0 Å². The number of aliphatic hydroxyl groups excluding tert-OH is 1. The maximum Gasteiger partial charge on any atom is 0.239 e. The second kappa shape index (κ2) is 8.05. The van der Waals surface area contributed by atoms with Crippen molar-refractivity contribution in [1.82, 2.24) is 0 Å². The molecular formula is C25H38F2O. The van der Waals surface area contributed by atoms with Gasteiger partial charge in [0.2, 0.25) is 6.43 Å². The molecule has 3 fully saturated rings. The van der Waals surface area contributed by atoms with Gasteiger partial charge in [-0.3, -0.25) is 0 Å². The Bertz CT molecular complexity index is 643. The van der Waals surface area contributed by atoms with E-state index in [1.54, 1.807) is 0 Å². The molecule has 0 aliphatic heterocycles. The van der Waals surface area contributed by atoms with Crippen molar-refractivity contribution in [3.8, 4) is 0 Å². The zero-order valence-corrected chi connectivity index (χ0v) is 18.1. The van der Waals surface area contributed by atoms with E-state index in [-0.39, 0.29) is 17.3 Å². The van der Waals surface area contributed by atoms with Gasteiger partial charge < -0.3 is 5.11 Å². The molecule has 0 aromatic rings. The van der Waals surface area contributed by atoms with Crippen molar-refractivity contribution in [2.75, 3.05) is 0 Å². The van der Waals surface area contributed by atoms with Crippen molar-refractivity contribution in [1.29, 1.82) is 0 Å². The summed E-state index contributed by atoms with van der Waals surface area (Å²) in [5.74, 6) is 1.20. The van der Waals surface area contributed by atoms with Gasteiger partial charge in [0.15, 0.2) is 0 Å². The smallest absolute Gasteiger partial charge is 0.239 e. The fourth-order valence-electron chi connectivity index (χ4n) is 6.74. The average molecular weight is 393 g/mol. The Balaban J connectivity index is 1.80. The van der Waals surface area contributed by atoms with Crippen molar-refractivity contribution >= 4 is 0 Å². The monoisotopic (exact) mass is 392 g/mol. The number of hydrogen-bond donors (Lipinski definition) is 1. The molecule has 0 bridgehead atoms. The molecule has 158 valence electrons. The first kappa shape index (κ1) is 21.7. The van der Waals surface area contributed by atoms with Crippen LogP contribution in [0, 0.1) is 28.6 Å². The minimum absolute atomic E-state index is 0.00272. The van der Waals surface area contributed by atoms with Crippen LogP contribution in [0.5, 0.6) is 0 Å². The quantitative estimate of drug-likeness (QED) is 0.507. The van der Waals surface area contributed by atoms with Gasteiger partial charge in [-0.15, -0.1) is 0 Å². The van der Waals surface area contributed by atoms with Crippen molar-refractivity contribution in [3.05, 3.63) is 35.5 Å². The maximum absolute atomic E-state index is 13.2. The van der Waals surface area contributed by atoms with E-state index in [9.17, 15) is 13.9 Å². The second-order valence-electron chi connectivity index (χ2n) is 10.6. The largest absolute Gasteiger partial charge is 0.388 e. The zero-order chi connectivity index (χ0) is 20.7. The Morgan fingerprint density at radius 2 is 1.96 bits per heavy atom. The lowest BCUT2D eigenvalue weighted by molar-refractivity contribution is -0.00123. The van der Waals surface area contributed by atoms with E-state index in [2.05, 4.69) is 46.4 Å². The summed E-state index contributed by atoms with van der Waals surface area (Å²) in [6, 6.07) is 0. The van der Waals surface area contributed by atoms with Crippen molar-refractivity contribution in [2.24, 2.45) is 28.6 Å². The van der Waals surface area contributed by atoms with Gasteiger partial charge in [-0.2, -0.15) is 0 Å². The number of aliphatic hydroxyl groups is 1. The number of halogens is 2. The molecule has 0 radical (unpaired) electrons. The molecule has 0 heterocycles. The topological polar surface area (TPSA) is 20.2 Å².